The number of carbonyl (C=O) groups excluding carboxylic acids is 1. The summed E-state index contributed by atoms with van der Waals surface area (Å²) in [5, 5.41) is 2.86. The molecule has 0 atom stereocenters. The number of fused-ring (bicyclic) bond motifs is 1. The highest BCUT2D eigenvalue weighted by molar-refractivity contribution is 7.92. The van der Waals surface area contributed by atoms with E-state index in [1.165, 1.54) is 16.4 Å². The highest BCUT2D eigenvalue weighted by atomic mass is 32.2. The molecule has 0 aliphatic carbocycles. The smallest absolute Gasteiger partial charge is 0.264 e. The molecule has 0 fully saturated rings. The van der Waals surface area contributed by atoms with Crippen LogP contribution in [0.3, 0.4) is 0 Å². The van der Waals surface area contributed by atoms with E-state index in [1.807, 2.05) is 42.5 Å². The molecule has 1 aliphatic heterocycles. The van der Waals surface area contributed by atoms with Crippen molar-refractivity contribution in [2.75, 3.05) is 23.3 Å². The number of anilines is 2. The number of para-hydroxylation sites is 2. The van der Waals surface area contributed by atoms with E-state index in [4.69, 9.17) is 4.74 Å². The number of rotatable bonds is 6. The Morgan fingerprint density at radius 1 is 1.03 bits per heavy atom. The second-order valence-corrected chi connectivity index (χ2v) is 9.24. The minimum Gasteiger partial charge on any atom is -0.380 e. The van der Waals surface area contributed by atoms with E-state index in [9.17, 15) is 13.2 Å². The number of carbonyl (C=O) groups is 1. The first-order valence-electron chi connectivity index (χ1n) is 10.1. The fraction of sp³-hybridized carbons (Fsp3) is 0.208. The molecule has 0 saturated heterocycles. The molecular formula is C24H24N2O4S. The van der Waals surface area contributed by atoms with Crippen molar-refractivity contribution in [1.29, 1.82) is 0 Å². The normalized spacial score (nSPS) is 13.5. The molecule has 1 amide bonds. The molecule has 1 heterocycles. The predicted octanol–water partition coefficient (Wildman–Crippen LogP) is 4.23. The van der Waals surface area contributed by atoms with Gasteiger partial charge >= 0.3 is 0 Å². The van der Waals surface area contributed by atoms with E-state index in [2.05, 4.69) is 5.32 Å². The third kappa shape index (κ3) is 4.33. The van der Waals surface area contributed by atoms with Crippen LogP contribution < -0.4 is 9.62 Å². The molecule has 7 heteroatoms. The molecule has 0 bridgehead atoms. The summed E-state index contributed by atoms with van der Waals surface area (Å²) in [4.78, 5) is 13.0. The van der Waals surface area contributed by atoms with Gasteiger partial charge in [0.05, 0.1) is 17.2 Å². The maximum Gasteiger partial charge on any atom is 0.264 e. The summed E-state index contributed by atoms with van der Waals surface area (Å²) < 4.78 is 33.4. The molecular weight excluding hydrogens is 412 g/mol. The Morgan fingerprint density at radius 2 is 1.81 bits per heavy atom. The number of aryl methyl sites for hydroxylation is 1. The average Bonchev–Trinajstić information content (AvgIpc) is 2.80. The van der Waals surface area contributed by atoms with Crippen LogP contribution in [0.1, 0.15) is 27.9 Å². The van der Waals surface area contributed by atoms with E-state index < -0.39 is 10.0 Å². The second kappa shape index (κ2) is 8.91. The average molecular weight is 437 g/mol. The Balaban J connectivity index is 1.62. The molecule has 3 aromatic carbocycles. The van der Waals surface area contributed by atoms with E-state index in [0.29, 0.717) is 24.5 Å². The van der Waals surface area contributed by atoms with Crippen LogP contribution in [0.15, 0.2) is 77.7 Å². The monoisotopic (exact) mass is 436 g/mol. The molecule has 1 aliphatic rings. The molecule has 0 aromatic heterocycles. The molecule has 6 nitrogen and oxygen atoms in total. The van der Waals surface area contributed by atoms with Gasteiger partial charge in [-0.3, -0.25) is 9.10 Å². The Kier molecular flexibility index (Phi) is 6.06. The first-order valence-corrected chi connectivity index (χ1v) is 11.5. The summed E-state index contributed by atoms with van der Waals surface area (Å²) in [6.45, 7) is 0.777. The maximum atomic E-state index is 13.4. The molecule has 0 saturated carbocycles. The number of benzene rings is 3. The standard InChI is InChI=1S/C24H24N2O4S/c1-30-17-20-9-2-4-13-22(20)25-24(27)19-10-6-12-21(16-19)31(28,29)26-15-7-11-18-8-3-5-14-23(18)26/h2-6,8-10,12-14,16H,7,11,15,17H2,1H3,(H,25,27). The molecule has 0 radical (unpaired) electrons. The lowest BCUT2D eigenvalue weighted by Gasteiger charge is -2.30. The lowest BCUT2D eigenvalue weighted by molar-refractivity contribution is 0.102. The van der Waals surface area contributed by atoms with Gasteiger partial charge in [0.25, 0.3) is 15.9 Å². The molecule has 160 valence electrons. The molecule has 31 heavy (non-hydrogen) atoms. The van der Waals surface area contributed by atoms with Crippen molar-refractivity contribution in [3.05, 3.63) is 89.5 Å². The first kappa shape index (κ1) is 21.1. The van der Waals surface area contributed by atoms with Crippen molar-refractivity contribution in [2.24, 2.45) is 0 Å². The Morgan fingerprint density at radius 3 is 2.65 bits per heavy atom. The van der Waals surface area contributed by atoms with Crippen molar-refractivity contribution in [2.45, 2.75) is 24.3 Å². The van der Waals surface area contributed by atoms with E-state index >= 15 is 0 Å². The zero-order chi connectivity index (χ0) is 21.8. The number of sulfonamides is 1. The Bertz CT molecular complexity index is 1210. The zero-order valence-corrected chi connectivity index (χ0v) is 18.1. The van der Waals surface area contributed by atoms with E-state index in [1.54, 1.807) is 25.3 Å². The van der Waals surface area contributed by atoms with Crippen molar-refractivity contribution in [3.63, 3.8) is 0 Å². The third-order valence-electron chi connectivity index (χ3n) is 5.32. The van der Waals surface area contributed by atoms with Gasteiger partial charge in [-0.05, 0) is 48.7 Å². The minimum absolute atomic E-state index is 0.0991. The fourth-order valence-electron chi connectivity index (χ4n) is 3.79. The Labute approximate surface area is 182 Å². The van der Waals surface area contributed by atoms with Crippen LogP contribution in [0.25, 0.3) is 0 Å². The summed E-state index contributed by atoms with van der Waals surface area (Å²) in [5.74, 6) is -0.375. The highest BCUT2D eigenvalue weighted by Gasteiger charge is 2.29. The van der Waals surface area contributed by atoms with Gasteiger partial charge in [0, 0.05) is 30.5 Å². The van der Waals surface area contributed by atoms with Crippen LogP contribution in [-0.4, -0.2) is 28.0 Å². The molecule has 0 spiro atoms. The van der Waals surface area contributed by atoms with E-state index in [-0.39, 0.29) is 16.4 Å². The summed E-state index contributed by atoms with van der Waals surface area (Å²) in [5.41, 5.74) is 3.47. The van der Waals surface area contributed by atoms with Gasteiger partial charge < -0.3 is 10.1 Å². The molecule has 3 aromatic rings. The Hall–Kier alpha value is -3.16. The quantitative estimate of drug-likeness (QED) is 0.628. The molecule has 1 N–H and O–H groups in total. The summed E-state index contributed by atoms with van der Waals surface area (Å²) in [6.07, 6.45) is 1.61. The van der Waals surface area contributed by atoms with Crippen LogP contribution in [0.5, 0.6) is 0 Å². The van der Waals surface area contributed by atoms with Crippen LogP contribution in [-0.2, 0) is 27.8 Å². The number of hydrogen-bond donors (Lipinski definition) is 1. The van der Waals surface area contributed by atoms with Crippen molar-refractivity contribution >= 4 is 27.3 Å². The zero-order valence-electron chi connectivity index (χ0n) is 17.2. The fourth-order valence-corrected chi connectivity index (χ4v) is 5.38. The minimum atomic E-state index is -3.79. The van der Waals surface area contributed by atoms with Crippen LogP contribution in [0.4, 0.5) is 11.4 Å². The number of nitrogens with one attached hydrogen (secondary N) is 1. The summed E-state index contributed by atoms with van der Waals surface area (Å²) in [6, 6.07) is 21.1. The highest BCUT2D eigenvalue weighted by Crippen LogP contribution is 2.32. The number of nitrogens with zero attached hydrogens (tertiary/aromatic N) is 1. The molecule has 4 rings (SSSR count). The SMILES string of the molecule is COCc1ccccc1NC(=O)c1cccc(S(=O)(=O)N2CCCc3ccccc32)c1. The lowest BCUT2D eigenvalue weighted by atomic mass is 10.0. The van der Waals surface area contributed by atoms with Crippen LogP contribution in [0, 0.1) is 0 Å². The summed E-state index contributed by atoms with van der Waals surface area (Å²) >= 11 is 0. The van der Waals surface area contributed by atoms with Crippen molar-refractivity contribution in [3.8, 4) is 0 Å². The van der Waals surface area contributed by atoms with Crippen molar-refractivity contribution < 1.29 is 17.9 Å². The van der Waals surface area contributed by atoms with Gasteiger partial charge in [-0.2, -0.15) is 0 Å². The number of ether oxygens (including phenoxy) is 1. The van der Waals surface area contributed by atoms with Crippen LogP contribution in [0.2, 0.25) is 0 Å². The third-order valence-corrected chi connectivity index (χ3v) is 7.13. The largest absolute Gasteiger partial charge is 0.380 e. The number of methoxy groups -OCH3 is 1. The topological polar surface area (TPSA) is 75.7 Å². The van der Waals surface area contributed by atoms with Gasteiger partial charge in [-0.1, -0.05) is 42.5 Å². The van der Waals surface area contributed by atoms with Gasteiger partial charge in [0.2, 0.25) is 0 Å². The molecule has 0 unspecified atom stereocenters. The lowest BCUT2D eigenvalue weighted by Crippen LogP contribution is -2.35. The van der Waals surface area contributed by atoms with Crippen LogP contribution >= 0.6 is 0 Å². The van der Waals surface area contributed by atoms with Crippen molar-refractivity contribution in [1.82, 2.24) is 0 Å². The summed E-state index contributed by atoms with van der Waals surface area (Å²) in [7, 11) is -2.20. The van der Waals surface area contributed by atoms with Gasteiger partial charge in [0.15, 0.2) is 0 Å². The first-order chi connectivity index (χ1) is 15.0. The van der Waals surface area contributed by atoms with Gasteiger partial charge in [-0.15, -0.1) is 0 Å². The van der Waals surface area contributed by atoms with Gasteiger partial charge in [0.1, 0.15) is 0 Å². The second-order valence-electron chi connectivity index (χ2n) is 7.38. The number of amides is 1. The maximum absolute atomic E-state index is 13.4. The van der Waals surface area contributed by atoms with E-state index in [0.717, 1.165) is 24.0 Å². The number of hydrogen-bond acceptors (Lipinski definition) is 4. The predicted molar refractivity (Wildman–Crippen MR) is 121 cm³/mol. The van der Waals surface area contributed by atoms with Gasteiger partial charge in [-0.25, -0.2) is 8.42 Å².